The highest BCUT2D eigenvalue weighted by Crippen LogP contribution is 2.34. The van der Waals surface area contributed by atoms with Crippen molar-refractivity contribution in [2.24, 2.45) is 7.05 Å². The van der Waals surface area contributed by atoms with E-state index in [1.165, 1.54) is 14.2 Å². The van der Waals surface area contributed by atoms with E-state index in [0.29, 0.717) is 5.69 Å². The molecule has 2 heterocycles. The van der Waals surface area contributed by atoms with Crippen molar-refractivity contribution in [2.45, 2.75) is 6.43 Å². The van der Waals surface area contributed by atoms with Gasteiger partial charge in [-0.15, -0.1) is 0 Å². The molecule has 4 rings (SSSR count). The number of hydrogen-bond acceptors (Lipinski definition) is 5. The molecule has 0 radical (unpaired) electrons. The van der Waals surface area contributed by atoms with Crippen molar-refractivity contribution < 1.29 is 23.0 Å². The molecular weight excluding hydrogens is 420 g/mol. The molecule has 32 heavy (non-hydrogen) atoms. The zero-order chi connectivity index (χ0) is 22.8. The van der Waals surface area contributed by atoms with Crippen LogP contribution in [0.2, 0.25) is 0 Å². The maximum absolute atomic E-state index is 12.5. The van der Waals surface area contributed by atoms with E-state index in [2.05, 4.69) is 15.4 Å². The van der Waals surface area contributed by atoms with Gasteiger partial charge in [-0.05, 0) is 17.7 Å². The Balaban J connectivity index is 1.75. The average Bonchev–Trinajstić information content (AvgIpc) is 3.42. The molecule has 2 aromatic heterocycles. The van der Waals surface area contributed by atoms with Gasteiger partial charge in [0.05, 0.1) is 43.7 Å². The summed E-state index contributed by atoms with van der Waals surface area (Å²) in [7, 11) is 4.65. The number of fused-ring (bicyclic) bond motifs is 1. The smallest absolute Gasteiger partial charge is 0.259 e. The molecule has 2 aromatic carbocycles. The van der Waals surface area contributed by atoms with Gasteiger partial charge in [-0.2, -0.15) is 5.10 Å². The Hall–Kier alpha value is -3.95. The highest BCUT2D eigenvalue weighted by atomic mass is 19.3. The first kappa shape index (κ1) is 21.3. The molecule has 0 aliphatic heterocycles. The minimum absolute atomic E-state index is 0.0442. The highest BCUT2D eigenvalue weighted by molar-refractivity contribution is 6.00. The Bertz CT molecular complexity index is 1260. The standard InChI is InChI=1S/C22H21F2N5O3/c1-28-11-14(9-27-28)13-4-5-17-16(6-13)26-12-29(17)15-7-18(31-2)21(19(8-15)32-3)22(30)25-10-20(23)24/h4-9,11-12,20H,10H2,1-3H3,(H,25,30). The summed E-state index contributed by atoms with van der Waals surface area (Å²) < 4.78 is 39.3. The summed E-state index contributed by atoms with van der Waals surface area (Å²) in [6, 6.07) is 9.14. The van der Waals surface area contributed by atoms with Crippen LogP contribution in [0.25, 0.3) is 27.8 Å². The van der Waals surface area contributed by atoms with Gasteiger partial charge in [0, 0.05) is 30.9 Å². The molecule has 1 amide bonds. The first-order valence-electron chi connectivity index (χ1n) is 9.70. The van der Waals surface area contributed by atoms with Crippen molar-refractivity contribution in [3.8, 4) is 28.3 Å². The largest absolute Gasteiger partial charge is 0.496 e. The molecule has 0 spiro atoms. The third-order valence-corrected chi connectivity index (χ3v) is 5.00. The molecule has 8 nitrogen and oxygen atoms in total. The van der Waals surface area contributed by atoms with Crippen molar-refractivity contribution in [2.75, 3.05) is 20.8 Å². The molecule has 0 saturated heterocycles. The van der Waals surface area contributed by atoms with E-state index < -0.39 is 18.9 Å². The Morgan fingerprint density at radius 3 is 2.44 bits per heavy atom. The molecule has 4 aromatic rings. The predicted molar refractivity (Wildman–Crippen MR) is 115 cm³/mol. The third-order valence-electron chi connectivity index (χ3n) is 5.00. The van der Waals surface area contributed by atoms with E-state index in [1.54, 1.807) is 29.3 Å². The lowest BCUT2D eigenvalue weighted by Crippen LogP contribution is -2.29. The molecule has 0 aliphatic carbocycles. The summed E-state index contributed by atoms with van der Waals surface area (Å²) in [6.45, 7) is -0.766. The second-order valence-electron chi connectivity index (χ2n) is 7.05. The summed E-state index contributed by atoms with van der Waals surface area (Å²) in [5, 5.41) is 6.38. The quantitative estimate of drug-likeness (QED) is 0.475. The number of aromatic nitrogens is 4. The van der Waals surface area contributed by atoms with Crippen LogP contribution < -0.4 is 14.8 Å². The monoisotopic (exact) mass is 441 g/mol. The SMILES string of the molecule is COc1cc(-n2cnc3cc(-c4cnn(C)c4)ccc32)cc(OC)c1C(=O)NCC(F)F. The van der Waals surface area contributed by atoms with Crippen molar-refractivity contribution in [1.82, 2.24) is 24.6 Å². The van der Waals surface area contributed by atoms with Crippen molar-refractivity contribution in [1.29, 1.82) is 0 Å². The average molecular weight is 441 g/mol. The molecule has 10 heteroatoms. The number of hydrogen-bond donors (Lipinski definition) is 1. The number of carbonyl (C=O) groups excluding carboxylic acids is 1. The van der Waals surface area contributed by atoms with E-state index in [0.717, 1.165) is 22.2 Å². The van der Waals surface area contributed by atoms with Gasteiger partial charge >= 0.3 is 0 Å². The van der Waals surface area contributed by atoms with Gasteiger partial charge in [0.25, 0.3) is 12.3 Å². The molecule has 0 saturated carbocycles. The van der Waals surface area contributed by atoms with Gasteiger partial charge in [-0.1, -0.05) is 6.07 Å². The molecule has 166 valence electrons. The number of methoxy groups -OCH3 is 2. The van der Waals surface area contributed by atoms with E-state index in [4.69, 9.17) is 9.47 Å². The Morgan fingerprint density at radius 1 is 1.12 bits per heavy atom. The number of ether oxygens (including phenoxy) is 2. The number of rotatable bonds is 7. The number of imidazole rings is 1. The van der Waals surface area contributed by atoms with Gasteiger partial charge in [0.1, 0.15) is 23.4 Å². The van der Waals surface area contributed by atoms with Crippen LogP contribution >= 0.6 is 0 Å². The highest BCUT2D eigenvalue weighted by Gasteiger charge is 2.22. The van der Waals surface area contributed by atoms with Crippen LogP contribution in [-0.2, 0) is 7.05 Å². The zero-order valence-electron chi connectivity index (χ0n) is 17.7. The van der Waals surface area contributed by atoms with Crippen LogP contribution in [0.4, 0.5) is 8.78 Å². The minimum atomic E-state index is -2.66. The Morgan fingerprint density at radius 2 is 1.84 bits per heavy atom. The minimum Gasteiger partial charge on any atom is -0.496 e. The number of halogens is 2. The first-order chi connectivity index (χ1) is 15.4. The topological polar surface area (TPSA) is 83.2 Å². The number of alkyl halides is 2. The number of nitrogens with one attached hydrogen (secondary N) is 1. The van der Waals surface area contributed by atoms with Gasteiger partial charge in [-0.3, -0.25) is 14.0 Å². The summed E-state index contributed by atoms with van der Waals surface area (Å²) in [4.78, 5) is 17.0. The van der Waals surface area contributed by atoms with Crippen LogP contribution in [0.15, 0.2) is 49.1 Å². The maximum Gasteiger partial charge on any atom is 0.259 e. The van der Waals surface area contributed by atoms with Crippen molar-refractivity contribution in [3.63, 3.8) is 0 Å². The fourth-order valence-corrected chi connectivity index (χ4v) is 3.49. The molecule has 0 bridgehead atoms. The van der Waals surface area contributed by atoms with Crippen LogP contribution in [-0.4, -0.2) is 52.4 Å². The molecular formula is C22H21F2N5O3. The summed E-state index contributed by atoms with van der Waals surface area (Å²) in [5.74, 6) is -0.318. The van der Waals surface area contributed by atoms with Crippen LogP contribution in [0.3, 0.4) is 0 Å². The van der Waals surface area contributed by atoms with E-state index in [-0.39, 0.29) is 17.1 Å². The number of nitrogens with zero attached hydrogens (tertiary/aromatic N) is 4. The first-order valence-corrected chi connectivity index (χ1v) is 9.70. The zero-order valence-corrected chi connectivity index (χ0v) is 17.7. The van der Waals surface area contributed by atoms with E-state index in [1.807, 2.05) is 36.0 Å². The summed E-state index contributed by atoms with van der Waals surface area (Å²) in [6.07, 6.45) is 2.70. The lowest BCUT2D eigenvalue weighted by atomic mass is 10.1. The van der Waals surface area contributed by atoms with E-state index >= 15 is 0 Å². The molecule has 0 aliphatic rings. The van der Waals surface area contributed by atoms with Crippen molar-refractivity contribution >= 4 is 16.9 Å². The second-order valence-corrected chi connectivity index (χ2v) is 7.05. The van der Waals surface area contributed by atoms with Crippen LogP contribution in [0, 0.1) is 0 Å². The van der Waals surface area contributed by atoms with Crippen molar-refractivity contribution in [3.05, 3.63) is 54.6 Å². The molecule has 0 atom stereocenters. The molecule has 1 N–H and O–H groups in total. The summed E-state index contributed by atoms with van der Waals surface area (Å²) >= 11 is 0. The number of aryl methyl sites for hydroxylation is 1. The fraction of sp³-hybridized carbons (Fsp3) is 0.227. The normalized spacial score (nSPS) is 11.2. The van der Waals surface area contributed by atoms with Crippen LogP contribution in [0.5, 0.6) is 11.5 Å². The second kappa shape index (κ2) is 8.66. The number of benzene rings is 2. The van der Waals surface area contributed by atoms with Gasteiger partial charge < -0.3 is 14.8 Å². The van der Waals surface area contributed by atoms with Gasteiger partial charge in [0.15, 0.2) is 0 Å². The summed E-state index contributed by atoms with van der Waals surface area (Å²) in [5.41, 5.74) is 4.24. The van der Waals surface area contributed by atoms with E-state index in [9.17, 15) is 13.6 Å². The predicted octanol–water partition coefficient (Wildman–Crippen LogP) is 3.44. The Kier molecular flexibility index (Phi) is 5.76. The molecule has 0 unspecified atom stereocenters. The number of amides is 1. The van der Waals surface area contributed by atoms with Gasteiger partial charge in [-0.25, -0.2) is 13.8 Å². The number of carbonyl (C=O) groups is 1. The fourth-order valence-electron chi connectivity index (χ4n) is 3.49. The molecule has 0 fully saturated rings. The Labute approximate surface area is 182 Å². The third kappa shape index (κ3) is 3.98. The van der Waals surface area contributed by atoms with Crippen LogP contribution in [0.1, 0.15) is 10.4 Å². The lowest BCUT2D eigenvalue weighted by Gasteiger charge is -2.16. The maximum atomic E-state index is 12.5. The van der Waals surface area contributed by atoms with Gasteiger partial charge in [0.2, 0.25) is 0 Å². The lowest BCUT2D eigenvalue weighted by molar-refractivity contribution is 0.0885.